The molecule has 0 aliphatic heterocycles. The van der Waals surface area contributed by atoms with Gasteiger partial charge in [0, 0.05) is 0 Å². The molecule has 28 valence electrons. The quantitative estimate of drug-likeness (QED) is 0.509. The number of hydrogen-bond acceptors (Lipinski definition) is 2. The minimum absolute atomic E-state index is 0. The Bertz CT molecular complexity index is 8.00. The molecule has 0 saturated carbocycles. The summed E-state index contributed by atoms with van der Waals surface area (Å²) >= 11 is 0.700. The first-order valence-electron chi connectivity index (χ1n) is 0.167. The van der Waals surface area contributed by atoms with Gasteiger partial charge in [-0.3, -0.25) is 0 Å². The van der Waals surface area contributed by atoms with Gasteiger partial charge in [0.05, 0.1) is 0 Å². The van der Waals surface area contributed by atoms with E-state index in [-0.39, 0.29) is 13.6 Å². The van der Waals surface area contributed by atoms with E-state index in [0.717, 1.165) is 0 Å². The fourth-order valence-corrected chi connectivity index (χ4v) is 0. The van der Waals surface area contributed by atoms with E-state index in [1.807, 2.05) is 0 Å². The first-order valence-corrected chi connectivity index (χ1v) is 0.986. The summed E-state index contributed by atoms with van der Waals surface area (Å²) in [5, 5.41) is 0. The molecule has 0 spiro atoms. The van der Waals surface area contributed by atoms with Crippen LogP contribution in [0.1, 0.15) is 7.43 Å². The van der Waals surface area contributed by atoms with Crippen molar-refractivity contribution in [1.82, 2.24) is 6.15 Å². The van der Waals surface area contributed by atoms with Gasteiger partial charge in [0.1, 0.15) is 0 Å². The molecule has 3 N–H and O–H groups in total. The molecule has 0 atom stereocenters. The van der Waals surface area contributed by atoms with Gasteiger partial charge in [0.2, 0.25) is 0 Å². The molecular formula is CH7MoNO. The Kier molecular flexibility index (Phi) is 648. The predicted molar refractivity (Wildman–Crippen MR) is 12.4 cm³/mol. The molecule has 0 aromatic heterocycles. The zero-order valence-electron chi connectivity index (χ0n) is 1.52. The van der Waals surface area contributed by atoms with E-state index >= 15 is 0 Å². The molecule has 0 unspecified atom stereocenters. The molecule has 3 heteroatoms. The molecule has 0 radical (unpaired) electrons. The van der Waals surface area contributed by atoms with E-state index in [2.05, 4.69) is 0 Å². The van der Waals surface area contributed by atoms with Crippen LogP contribution in [0.5, 0.6) is 0 Å². The van der Waals surface area contributed by atoms with Gasteiger partial charge in [-0.05, 0) is 0 Å². The van der Waals surface area contributed by atoms with Crippen LogP contribution < -0.4 is 6.15 Å². The molecule has 0 amide bonds. The van der Waals surface area contributed by atoms with Crippen molar-refractivity contribution in [2.45, 2.75) is 7.43 Å². The van der Waals surface area contributed by atoms with Crippen LogP contribution in [0.3, 0.4) is 0 Å². The van der Waals surface area contributed by atoms with Crippen molar-refractivity contribution in [3.05, 3.63) is 0 Å². The summed E-state index contributed by atoms with van der Waals surface area (Å²) in [5.41, 5.74) is 0. The third kappa shape index (κ3) is 25.6. The Hall–Kier alpha value is 0.448. The van der Waals surface area contributed by atoms with Crippen LogP contribution in [0.2, 0.25) is 0 Å². The predicted octanol–water partition coefficient (Wildman–Crippen LogP) is 0.677. The number of hydrogen-bond donors (Lipinski definition) is 1. The summed E-state index contributed by atoms with van der Waals surface area (Å²) in [4.78, 5) is 0. The topological polar surface area (TPSA) is 52.1 Å². The normalized spacial score (nSPS) is 1.00. The first kappa shape index (κ1) is 25.2. The van der Waals surface area contributed by atoms with Gasteiger partial charge in [0.25, 0.3) is 0 Å². The van der Waals surface area contributed by atoms with Crippen LogP contribution in [0.4, 0.5) is 0 Å². The maximum atomic E-state index is 8.26. The third-order valence-corrected chi connectivity index (χ3v) is 0. The minimum atomic E-state index is 0. The van der Waals surface area contributed by atoms with Crippen LogP contribution in [0.25, 0.3) is 0 Å². The van der Waals surface area contributed by atoms with Crippen molar-refractivity contribution in [1.29, 1.82) is 0 Å². The molecule has 0 aromatic carbocycles. The SMILES string of the molecule is C.N.[O]=[Mo]. The molecule has 0 rings (SSSR count). The van der Waals surface area contributed by atoms with Gasteiger partial charge in [-0.15, -0.1) is 0 Å². The van der Waals surface area contributed by atoms with E-state index in [4.69, 9.17) is 3.40 Å². The van der Waals surface area contributed by atoms with Crippen LogP contribution in [0, 0.1) is 0 Å². The average molecular weight is 145 g/mol. The average Bonchev–Trinajstić information content (AvgIpc) is 1.00. The van der Waals surface area contributed by atoms with Crippen LogP contribution >= 0.6 is 0 Å². The van der Waals surface area contributed by atoms with E-state index in [9.17, 15) is 0 Å². The standard InChI is InChI=1S/CH4.Mo.H3N.O/h1H4;;1H3;. The summed E-state index contributed by atoms with van der Waals surface area (Å²) in [5.74, 6) is 0. The molecule has 2 nitrogen and oxygen atoms in total. The molecule has 0 bridgehead atoms. The summed E-state index contributed by atoms with van der Waals surface area (Å²) in [6, 6.07) is 0. The Labute approximate surface area is 37.4 Å². The van der Waals surface area contributed by atoms with Gasteiger partial charge in [-0.1, -0.05) is 7.43 Å². The van der Waals surface area contributed by atoms with Crippen molar-refractivity contribution in [2.75, 3.05) is 0 Å². The summed E-state index contributed by atoms with van der Waals surface area (Å²) in [6.07, 6.45) is 0. The molecule has 0 aliphatic rings. The van der Waals surface area contributed by atoms with E-state index in [0.29, 0.717) is 19.8 Å². The van der Waals surface area contributed by atoms with Gasteiger partial charge in [0.15, 0.2) is 0 Å². The third-order valence-electron chi connectivity index (χ3n) is 0. The fourth-order valence-electron chi connectivity index (χ4n) is 0. The van der Waals surface area contributed by atoms with E-state index < -0.39 is 0 Å². The molecule has 0 saturated heterocycles. The van der Waals surface area contributed by atoms with Crippen LogP contribution in [0.15, 0.2) is 0 Å². The fraction of sp³-hybridized carbons (Fsp3) is 1.00. The first-order chi connectivity index (χ1) is 1.00. The van der Waals surface area contributed by atoms with E-state index in [1.165, 1.54) is 0 Å². The van der Waals surface area contributed by atoms with Crippen molar-refractivity contribution >= 4 is 0 Å². The monoisotopic (exact) mass is 147 g/mol. The van der Waals surface area contributed by atoms with Crippen molar-refractivity contribution < 1.29 is 23.2 Å². The van der Waals surface area contributed by atoms with Crippen LogP contribution in [-0.2, 0) is 23.2 Å². The Morgan fingerprint density at radius 2 is 1.25 bits per heavy atom. The van der Waals surface area contributed by atoms with Crippen molar-refractivity contribution in [3.8, 4) is 0 Å². The van der Waals surface area contributed by atoms with Crippen LogP contribution in [-0.4, -0.2) is 0 Å². The molecule has 0 heterocycles. The molecular weight excluding hydrogens is 138 g/mol. The second-order valence-corrected chi connectivity index (χ2v) is 0. The Morgan fingerprint density at radius 3 is 1.25 bits per heavy atom. The zero-order chi connectivity index (χ0) is 2.00. The Morgan fingerprint density at radius 1 is 1.25 bits per heavy atom. The zero-order valence-corrected chi connectivity index (χ0v) is 3.53. The molecule has 0 fully saturated rings. The maximum absolute atomic E-state index is 8.26. The number of rotatable bonds is 0. The molecule has 0 aromatic rings. The molecule has 0 aliphatic carbocycles. The van der Waals surface area contributed by atoms with Crippen molar-refractivity contribution in [3.63, 3.8) is 0 Å². The molecule has 4 heavy (non-hydrogen) atoms. The van der Waals surface area contributed by atoms with Gasteiger partial charge in [-0.2, -0.15) is 0 Å². The Balaban J connectivity index is -0.00000000500. The van der Waals surface area contributed by atoms with Crippen molar-refractivity contribution in [2.24, 2.45) is 0 Å². The van der Waals surface area contributed by atoms with Gasteiger partial charge < -0.3 is 6.15 Å². The summed E-state index contributed by atoms with van der Waals surface area (Å²) in [6.45, 7) is 0. The summed E-state index contributed by atoms with van der Waals surface area (Å²) in [7, 11) is 0. The summed E-state index contributed by atoms with van der Waals surface area (Å²) < 4.78 is 8.26. The van der Waals surface area contributed by atoms with Gasteiger partial charge >= 0.3 is 23.2 Å². The second kappa shape index (κ2) is 103. The van der Waals surface area contributed by atoms with Gasteiger partial charge in [-0.25, -0.2) is 0 Å². The second-order valence-electron chi connectivity index (χ2n) is 0. The van der Waals surface area contributed by atoms with E-state index in [1.54, 1.807) is 0 Å².